The Morgan fingerprint density at radius 3 is 2.78 bits per heavy atom. The number of nitrogens with one attached hydrogen (secondary N) is 1. The van der Waals surface area contributed by atoms with E-state index in [1.807, 2.05) is 31.2 Å². The van der Waals surface area contributed by atoms with Crippen LogP contribution in [0, 0.1) is 26.7 Å². The summed E-state index contributed by atoms with van der Waals surface area (Å²) in [7, 11) is 0. The van der Waals surface area contributed by atoms with E-state index in [9.17, 15) is 4.79 Å². The molecular formula is C26H32N4O2. The highest BCUT2D eigenvalue weighted by molar-refractivity contribution is 5.79. The Morgan fingerprint density at radius 2 is 2.00 bits per heavy atom. The zero-order valence-corrected chi connectivity index (χ0v) is 19.4. The van der Waals surface area contributed by atoms with E-state index >= 15 is 0 Å². The molecule has 0 bridgehead atoms. The minimum atomic E-state index is -0.0314. The van der Waals surface area contributed by atoms with E-state index in [1.165, 1.54) is 16.7 Å². The molecule has 6 nitrogen and oxygen atoms in total. The Labute approximate surface area is 190 Å². The van der Waals surface area contributed by atoms with Gasteiger partial charge in [0.1, 0.15) is 0 Å². The summed E-state index contributed by atoms with van der Waals surface area (Å²) in [6, 6.07) is 14.4. The van der Waals surface area contributed by atoms with Crippen molar-refractivity contribution >= 4 is 5.91 Å². The van der Waals surface area contributed by atoms with E-state index in [0.717, 1.165) is 30.5 Å². The number of rotatable bonds is 6. The Balaban J connectivity index is 1.35. The fourth-order valence-corrected chi connectivity index (χ4v) is 4.55. The van der Waals surface area contributed by atoms with Crippen LogP contribution in [-0.2, 0) is 11.3 Å². The van der Waals surface area contributed by atoms with Gasteiger partial charge in [-0.05, 0) is 64.3 Å². The van der Waals surface area contributed by atoms with E-state index in [1.54, 1.807) is 0 Å². The topological polar surface area (TPSA) is 71.3 Å². The largest absolute Gasteiger partial charge is 0.349 e. The van der Waals surface area contributed by atoms with Crippen LogP contribution in [0.15, 0.2) is 47.0 Å². The summed E-state index contributed by atoms with van der Waals surface area (Å²) in [5.74, 6) is 1.28. The highest BCUT2D eigenvalue weighted by Crippen LogP contribution is 2.23. The third-order valence-electron chi connectivity index (χ3n) is 6.23. The molecule has 32 heavy (non-hydrogen) atoms. The quantitative estimate of drug-likeness (QED) is 0.609. The number of nitrogens with zero attached hydrogens (tertiary/aromatic N) is 3. The van der Waals surface area contributed by atoms with E-state index in [4.69, 9.17) is 4.52 Å². The third kappa shape index (κ3) is 5.25. The smallest absolute Gasteiger partial charge is 0.241 e. The summed E-state index contributed by atoms with van der Waals surface area (Å²) in [5, 5.41) is 7.37. The Morgan fingerprint density at radius 1 is 1.19 bits per heavy atom. The van der Waals surface area contributed by atoms with Crippen LogP contribution in [0.1, 0.15) is 54.0 Å². The molecule has 2 heterocycles. The number of benzene rings is 2. The second-order valence-electron chi connectivity index (χ2n) is 9.05. The molecule has 0 radical (unpaired) electrons. The van der Waals surface area contributed by atoms with Crippen LogP contribution in [0.5, 0.6) is 0 Å². The van der Waals surface area contributed by atoms with Gasteiger partial charge in [0.25, 0.3) is 0 Å². The van der Waals surface area contributed by atoms with Crippen molar-refractivity contribution in [1.82, 2.24) is 20.4 Å². The number of hydrogen-bond donors (Lipinski definition) is 1. The second kappa shape index (κ2) is 9.65. The molecule has 2 unspecified atom stereocenters. The molecule has 1 amide bonds. The van der Waals surface area contributed by atoms with Crippen molar-refractivity contribution in [3.63, 3.8) is 0 Å². The number of amides is 1. The van der Waals surface area contributed by atoms with Crippen molar-refractivity contribution in [2.45, 2.75) is 53.1 Å². The van der Waals surface area contributed by atoms with E-state index in [-0.39, 0.29) is 17.9 Å². The van der Waals surface area contributed by atoms with Crippen LogP contribution in [-0.4, -0.2) is 34.0 Å². The lowest BCUT2D eigenvalue weighted by atomic mass is 9.95. The molecule has 1 fully saturated rings. The number of likely N-dealkylation sites (tertiary alicyclic amines) is 1. The lowest BCUT2D eigenvalue weighted by molar-refractivity contribution is -0.127. The average Bonchev–Trinajstić information content (AvgIpc) is 3.22. The van der Waals surface area contributed by atoms with Crippen LogP contribution in [0.25, 0.3) is 11.4 Å². The van der Waals surface area contributed by atoms with Gasteiger partial charge in [-0.3, -0.25) is 9.69 Å². The molecule has 0 spiro atoms. The van der Waals surface area contributed by atoms with E-state index in [0.29, 0.717) is 24.8 Å². The van der Waals surface area contributed by atoms with Crippen molar-refractivity contribution in [3.8, 4) is 11.4 Å². The SMILES string of the molecule is Cc1cccc(-c2noc(CN3CCCC(C(=O)NC(C)c4ccc(C)cc4C)C3)n2)c1. The summed E-state index contributed by atoms with van der Waals surface area (Å²) in [6.45, 7) is 10.5. The lowest BCUT2D eigenvalue weighted by Crippen LogP contribution is -2.43. The van der Waals surface area contributed by atoms with E-state index in [2.05, 4.69) is 59.3 Å². The third-order valence-corrected chi connectivity index (χ3v) is 6.23. The minimum Gasteiger partial charge on any atom is -0.349 e. The Kier molecular flexibility index (Phi) is 6.70. The van der Waals surface area contributed by atoms with Gasteiger partial charge in [-0.1, -0.05) is 52.7 Å². The predicted octanol–water partition coefficient (Wildman–Crippen LogP) is 4.75. The maximum absolute atomic E-state index is 13.0. The van der Waals surface area contributed by atoms with Crippen molar-refractivity contribution in [2.75, 3.05) is 13.1 Å². The molecule has 3 aromatic rings. The molecule has 4 rings (SSSR count). The minimum absolute atomic E-state index is 0.00805. The summed E-state index contributed by atoms with van der Waals surface area (Å²) in [5.41, 5.74) is 5.74. The molecule has 1 aliphatic rings. The predicted molar refractivity (Wildman–Crippen MR) is 125 cm³/mol. The van der Waals surface area contributed by atoms with Crippen LogP contribution >= 0.6 is 0 Å². The van der Waals surface area contributed by atoms with Gasteiger partial charge in [0.2, 0.25) is 17.6 Å². The van der Waals surface area contributed by atoms with Crippen LogP contribution in [0.2, 0.25) is 0 Å². The lowest BCUT2D eigenvalue weighted by Gasteiger charge is -2.31. The van der Waals surface area contributed by atoms with Crippen molar-refractivity contribution in [2.24, 2.45) is 5.92 Å². The zero-order chi connectivity index (χ0) is 22.7. The first-order chi connectivity index (χ1) is 15.4. The highest BCUT2D eigenvalue weighted by Gasteiger charge is 2.28. The van der Waals surface area contributed by atoms with Gasteiger partial charge in [0.05, 0.1) is 18.5 Å². The first-order valence-corrected chi connectivity index (χ1v) is 11.4. The average molecular weight is 433 g/mol. The van der Waals surface area contributed by atoms with Gasteiger partial charge < -0.3 is 9.84 Å². The number of carbonyl (C=O) groups is 1. The molecule has 2 aromatic carbocycles. The van der Waals surface area contributed by atoms with Gasteiger partial charge in [-0.15, -0.1) is 0 Å². The number of aryl methyl sites for hydroxylation is 3. The van der Waals surface area contributed by atoms with Crippen molar-refractivity contribution in [1.29, 1.82) is 0 Å². The van der Waals surface area contributed by atoms with E-state index < -0.39 is 0 Å². The van der Waals surface area contributed by atoms with Crippen LogP contribution in [0.3, 0.4) is 0 Å². The number of carbonyl (C=O) groups excluding carboxylic acids is 1. The summed E-state index contributed by atoms with van der Waals surface area (Å²) >= 11 is 0. The van der Waals surface area contributed by atoms with Gasteiger partial charge in [0.15, 0.2) is 0 Å². The first-order valence-electron chi connectivity index (χ1n) is 11.4. The molecular weight excluding hydrogens is 400 g/mol. The fourth-order valence-electron chi connectivity index (χ4n) is 4.55. The van der Waals surface area contributed by atoms with Crippen molar-refractivity contribution in [3.05, 3.63) is 70.6 Å². The molecule has 1 N–H and O–H groups in total. The van der Waals surface area contributed by atoms with Crippen LogP contribution in [0.4, 0.5) is 0 Å². The molecule has 0 saturated carbocycles. The molecule has 168 valence electrons. The Hall–Kier alpha value is -2.99. The number of aromatic nitrogens is 2. The Bertz CT molecular complexity index is 1090. The number of hydrogen-bond acceptors (Lipinski definition) is 5. The molecule has 0 aliphatic carbocycles. The molecule has 1 aromatic heterocycles. The maximum atomic E-state index is 13.0. The van der Waals surface area contributed by atoms with Gasteiger partial charge >= 0.3 is 0 Å². The normalized spacial score (nSPS) is 17.8. The van der Waals surface area contributed by atoms with Gasteiger partial charge in [-0.2, -0.15) is 4.98 Å². The van der Waals surface area contributed by atoms with Gasteiger partial charge in [0, 0.05) is 12.1 Å². The molecule has 1 saturated heterocycles. The van der Waals surface area contributed by atoms with Crippen molar-refractivity contribution < 1.29 is 9.32 Å². The van der Waals surface area contributed by atoms with Crippen LogP contribution < -0.4 is 5.32 Å². The summed E-state index contributed by atoms with van der Waals surface area (Å²) < 4.78 is 5.50. The molecule has 2 atom stereocenters. The summed E-state index contributed by atoms with van der Waals surface area (Å²) in [4.78, 5) is 19.8. The standard InChI is InChI=1S/C26H32N4O2/c1-17-7-5-8-21(14-17)25-28-24(32-29-25)16-30-12-6-9-22(15-30)26(31)27-20(4)23-11-10-18(2)13-19(23)3/h5,7-8,10-11,13-14,20,22H,6,9,12,15-16H2,1-4H3,(H,27,31). The number of piperidine rings is 1. The zero-order valence-electron chi connectivity index (χ0n) is 19.4. The first kappa shape index (κ1) is 22.2. The monoisotopic (exact) mass is 432 g/mol. The molecule has 1 aliphatic heterocycles. The fraction of sp³-hybridized carbons (Fsp3) is 0.423. The summed E-state index contributed by atoms with van der Waals surface area (Å²) in [6.07, 6.45) is 1.88. The second-order valence-corrected chi connectivity index (χ2v) is 9.05. The van der Waals surface area contributed by atoms with Gasteiger partial charge in [-0.25, -0.2) is 0 Å². The molecule has 6 heteroatoms. The maximum Gasteiger partial charge on any atom is 0.241 e. The highest BCUT2D eigenvalue weighted by atomic mass is 16.5.